The summed E-state index contributed by atoms with van der Waals surface area (Å²) in [6, 6.07) is 0. The summed E-state index contributed by atoms with van der Waals surface area (Å²) in [6.07, 6.45) is 15.1. The lowest BCUT2D eigenvalue weighted by atomic mass is 9.49. The zero-order chi connectivity index (χ0) is 15.5. The molecule has 2 nitrogen and oxygen atoms in total. The van der Waals surface area contributed by atoms with Crippen LogP contribution in [-0.2, 0) is 4.79 Å². The van der Waals surface area contributed by atoms with Gasteiger partial charge in [0.1, 0.15) is 11.4 Å². The summed E-state index contributed by atoms with van der Waals surface area (Å²) in [5.41, 5.74) is -0.970. The van der Waals surface area contributed by atoms with E-state index in [4.69, 9.17) is 6.42 Å². The lowest BCUT2D eigenvalue weighted by Gasteiger charge is -2.56. The summed E-state index contributed by atoms with van der Waals surface area (Å²) in [5.74, 6) is 6.76. The quantitative estimate of drug-likeness (QED) is 0.694. The van der Waals surface area contributed by atoms with Crippen molar-refractivity contribution in [1.29, 1.82) is 0 Å². The van der Waals surface area contributed by atoms with Gasteiger partial charge in [0.2, 0.25) is 0 Å². The minimum atomic E-state index is -0.887. The Kier molecular flexibility index (Phi) is 3.25. The van der Waals surface area contributed by atoms with Gasteiger partial charge in [-0.3, -0.25) is 4.79 Å². The standard InChI is InChI=1S/C20H28O2/c1-3-20(22)11-9-18-17-6-4-13-12-14(21)5-7-15(13)16(17)8-10-19(18,20)2/h1,13,15-18,22H,4-12H2,2H3/t13-,15+,16-,17-,18+,19+,20-/m1/s1. The molecule has 0 heterocycles. The summed E-state index contributed by atoms with van der Waals surface area (Å²) >= 11 is 0. The first kappa shape index (κ1) is 14.8. The number of hydrogen-bond acceptors (Lipinski definition) is 2. The van der Waals surface area contributed by atoms with Gasteiger partial charge >= 0.3 is 0 Å². The van der Waals surface area contributed by atoms with Gasteiger partial charge in [-0.25, -0.2) is 0 Å². The van der Waals surface area contributed by atoms with Crippen LogP contribution < -0.4 is 0 Å². The van der Waals surface area contributed by atoms with Gasteiger partial charge in [-0.1, -0.05) is 12.8 Å². The Bertz CT molecular complexity index is 532. The maximum absolute atomic E-state index is 11.8. The van der Waals surface area contributed by atoms with Gasteiger partial charge in [-0.2, -0.15) is 0 Å². The third-order valence-electron chi connectivity index (χ3n) is 8.16. The summed E-state index contributed by atoms with van der Waals surface area (Å²) in [4.78, 5) is 11.8. The molecule has 4 fully saturated rings. The first-order valence-electron chi connectivity index (χ1n) is 9.20. The Morgan fingerprint density at radius 1 is 1.09 bits per heavy atom. The minimum absolute atomic E-state index is 0.0831. The van der Waals surface area contributed by atoms with Gasteiger partial charge in [0, 0.05) is 18.3 Å². The Morgan fingerprint density at radius 2 is 1.91 bits per heavy atom. The summed E-state index contributed by atoms with van der Waals surface area (Å²) in [5, 5.41) is 10.9. The predicted octanol–water partition coefficient (Wildman–Crippen LogP) is 3.57. The van der Waals surface area contributed by atoms with Crippen molar-refractivity contribution in [3.63, 3.8) is 0 Å². The molecule has 0 aromatic rings. The van der Waals surface area contributed by atoms with Gasteiger partial charge in [0.25, 0.3) is 0 Å². The molecule has 0 spiro atoms. The van der Waals surface area contributed by atoms with Gasteiger partial charge in [0.05, 0.1) is 0 Å². The molecule has 120 valence electrons. The SMILES string of the molecule is C#C[C@@]1(O)CC[C@H]2[C@@H]3CC[C@@H]4CC(=O)CC[C@@H]4[C@H]3CC[C@@]21C. The van der Waals surface area contributed by atoms with Gasteiger partial charge in [-0.05, 0) is 74.5 Å². The number of carbonyl (C=O) groups is 1. The average molecular weight is 300 g/mol. The van der Waals surface area contributed by atoms with Crippen LogP contribution in [0.25, 0.3) is 0 Å². The second-order valence-electron chi connectivity index (χ2n) is 8.72. The van der Waals surface area contributed by atoms with E-state index in [0.717, 1.165) is 56.3 Å². The van der Waals surface area contributed by atoms with E-state index in [1.54, 1.807) is 0 Å². The molecule has 0 amide bonds. The first-order chi connectivity index (χ1) is 10.5. The van der Waals surface area contributed by atoms with Crippen molar-refractivity contribution in [1.82, 2.24) is 0 Å². The van der Waals surface area contributed by atoms with E-state index >= 15 is 0 Å². The molecule has 0 saturated heterocycles. The molecule has 0 aromatic heterocycles. The van der Waals surface area contributed by atoms with E-state index < -0.39 is 5.60 Å². The second kappa shape index (κ2) is 4.84. The maximum Gasteiger partial charge on any atom is 0.133 e. The molecule has 0 unspecified atom stereocenters. The molecule has 22 heavy (non-hydrogen) atoms. The van der Waals surface area contributed by atoms with Crippen LogP contribution in [0.2, 0.25) is 0 Å². The molecule has 4 aliphatic carbocycles. The van der Waals surface area contributed by atoms with Crippen molar-refractivity contribution >= 4 is 5.78 Å². The second-order valence-corrected chi connectivity index (χ2v) is 8.72. The topological polar surface area (TPSA) is 37.3 Å². The number of terminal acetylenes is 1. The Hall–Kier alpha value is -0.810. The zero-order valence-electron chi connectivity index (χ0n) is 13.7. The van der Waals surface area contributed by atoms with E-state index in [2.05, 4.69) is 12.8 Å². The van der Waals surface area contributed by atoms with Crippen LogP contribution in [0.5, 0.6) is 0 Å². The fraction of sp³-hybridized carbons (Fsp3) is 0.850. The monoisotopic (exact) mass is 300 g/mol. The third kappa shape index (κ3) is 1.81. The van der Waals surface area contributed by atoms with Crippen LogP contribution in [0.15, 0.2) is 0 Å². The molecule has 7 atom stereocenters. The number of fused-ring (bicyclic) bond motifs is 5. The van der Waals surface area contributed by atoms with E-state index in [1.165, 1.54) is 19.3 Å². The molecular formula is C20H28O2. The van der Waals surface area contributed by atoms with E-state index in [1.807, 2.05) is 0 Å². The van der Waals surface area contributed by atoms with Crippen molar-refractivity contribution in [2.75, 3.05) is 0 Å². The van der Waals surface area contributed by atoms with Crippen molar-refractivity contribution in [2.24, 2.45) is 35.0 Å². The van der Waals surface area contributed by atoms with Crippen LogP contribution in [0.3, 0.4) is 0 Å². The number of hydrogen-bond donors (Lipinski definition) is 1. The first-order valence-corrected chi connectivity index (χ1v) is 9.20. The molecular weight excluding hydrogens is 272 g/mol. The predicted molar refractivity (Wildman–Crippen MR) is 85.9 cm³/mol. The van der Waals surface area contributed by atoms with Crippen LogP contribution in [-0.4, -0.2) is 16.5 Å². The highest BCUT2D eigenvalue weighted by molar-refractivity contribution is 5.79. The number of aliphatic hydroxyl groups is 1. The highest BCUT2D eigenvalue weighted by atomic mass is 16.3. The number of carbonyl (C=O) groups excluding carboxylic acids is 1. The highest BCUT2D eigenvalue weighted by Gasteiger charge is 2.62. The van der Waals surface area contributed by atoms with Crippen molar-refractivity contribution in [2.45, 2.75) is 70.3 Å². The largest absolute Gasteiger partial charge is 0.377 e. The molecule has 4 rings (SSSR count). The van der Waals surface area contributed by atoms with Gasteiger partial charge < -0.3 is 5.11 Å². The van der Waals surface area contributed by atoms with Crippen LogP contribution in [0.4, 0.5) is 0 Å². The molecule has 1 N–H and O–H groups in total. The Balaban J connectivity index is 1.61. The van der Waals surface area contributed by atoms with E-state index in [0.29, 0.717) is 17.6 Å². The number of rotatable bonds is 0. The molecule has 0 bridgehead atoms. The number of Topliss-reactive ketones (excluding diaryl/α,β-unsaturated/α-hetero) is 1. The normalized spacial score (nSPS) is 54.0. The smallest absolute Gasteiger partial charge is 0.133 e. The fourth-order valence-electron chi connectivity index (χ4n) is 6.91. The van der Waals surface area contributed by atoms with Crippen LogP contribution >= 0.6 is 0 Å². The average Bonchev–Trinajstić information content (AvgIpc) is 2.79. The van der Waals surface area contributed by atoms with Crippen molar-refractivity contribution < 1.29 is 9.90 Å². The Labute approximate surface area is 134 Å². The highest BCUT2D eigenvalue weighted by Crippen LogP contribution is 2.65. The fourth-order valence-corrected chi connectivity index (χ4v) is 6.91. The maximum atomic E-state index is 11.8. The van der Waals surface area contributed by atoms with E-state index in [9.17, 15) is 9.90 Å². The zero-order valence-corrected chi connectivity index (χ0v) is 13.7. The molecule has 0 aromatic carbocycles. The molecule has 0 aliphatic heterocycles. The van der Waals surface area contributed by atoms with Crippen LogP contribution in [0.1, 0.15) is 64.7 Å². The van der Waals surface area contributed by atoms with Gasteiger partial charge in [-0.15, -0.1) is 6.42 Å². The molecule has 0 radical (unpaired) electrons. The molecule has 4 saturated carbocycles. The minimum Gasteiger partial charge on any atom is -0.377 e. The van der Waals surface area contributed by atoms with Crippen LogP contribution in [0, 0.1) is 47.3 Å². The lowest BCUT2D eigenvalue weighted by molar-refractivity contribution is -0.130. The van der Waals surface area contributed by atoms with Gasteiger partial charge in [0.15, 0.2) is 0 Å². The molecule has 4 aliphatic rings. The lowest BCUT2D eigenvalue weighted by Crippen LogP contribution is -2.53. The summed E-state index contributed by atoms with van der Waals surface area (Å²) in [7, 11) is 0. The summed E-state index contributed by atoms with van der Waals surface area (Å²) in [6.45, 7) is 2.25. The Morgan fingerprint density at radius 3 is 2.68 bits per heavy atom. The van der Waals surface area contributed by atoms with Crippen molar-refractivity contribution in [3.8, 4) is 12.3 Å². The van der Waals surface area contributed by atoms with E-state index in [-0.39, 0.29) is 5.41 Å². The summed E-state index contributed by atoms with van der Waals surface area (Å²) < 4.78 is 0. The molecule has 2 heteroatoms. The van der Waals surface area contributed by atoms with Crippen molar-refractivity contribution in [3.05, 3.63) is 0 Å². The number of ketones is 1. The third-order valence-corrected chi connectivity index (χ3v) is 8.16.